The van der Waals surface area contributed by atoms with E-state index >= 15 is 0 Å². The van der Waals surface area contributed by atoms with E-state index in [-0.39, 0.29) is 13.0 Å². The Morgan fingerprint density at radius 1 is 1.23 bits per heavy atom. The van der Waals surface area contributed by atoms with Crippen LogP contribution in [0, 0.1) is 11.3 Å². The minimum absolute atomic E-state index is 0.244. The maximum absolute atomic E-state index is 13.0. The van der Waals surface area contributed by atoms with E-state index < -0.39 is 23.2 Å². The van der Waals surface area contributed by atoms with E-state index in [1.165, 1.54) is 31.0 Å². The summed E-state index contributed by atoms with van der Waals surface area (Å²) in [5.74, 6) is -0.226. The van der Waals surface area contributed by atoms with Crippen LogP contribution in [0.15, 0.2) is 35.3 Å². The zero-order chi connectivity index (χ0) is 22.5. The Balaban J connectivity index is 2.62. The Bertz CT molecular complexity index is 1020. The molecule has 0 spiro atoms. The number of hydrogen-bond acceptors (Lipinski definition) is 6. The molecule has 0 saturated carbocycles. The molecule has 1 atom stereocenters. The molecule has 0 N–H and O–H groups in total. The van der Waals surface area contributed by atoms with Gasteiger partial charge in [-0.3, -0.25) is 9.36 Å². The van der Waals surface area contributed by atoms with Gasteiger partial charge < -0.3 is 14.2 Å². The van der Waals surface area contributed by atoms with Gasteiger partial charge in [-0.2, -0.15) is 5.26 Å². The number of hydrogen-bond donors (Lipinski definition) is 0. The fourth-order valence-corrected chi connectivity index (χ4v) is 3.12. The van der Waals surface area contributed by atoms with Crippen LogP contribution in [0.4, 0.5) is 0 Å². The first-order valence-corrected chi connectivity index (χ1v) is 9.71. The lowest BCUT2D eigenvalue weighted by molar-refractivity contribution is -0.159. The summed E-state index contributed by atoms with van der Waals surface area (Å²) in [7, 11) is 2.96. The van der Waals surface area contributed by atoms with Crippen molar-refractivity contribution in [3.63, 3.8) is 0 Å². The summed E-state index contributed by atoms with van der Waals surface area (Å²) >= 11 is 6.09. The van der Waals surface area contributed by atoms with Gasteiger partial charge in [-0.25, -0.2) is 4.79 Å². The third-order valence-corrected chi connectivity index (χ3v) is 4.50. The molecule has 1 aromatic carbocycles. The van der Waals surface area contributed by atoms with Gasteiger partial charge in [0.15, 0.2) is 0 Å². The number of carbonyl (C=O) groups excluding carboxylic acids is 1. The fourth-order valence-electron chi connectivity index (χ4n) is 2.95. The molecular formula is C22H25ClN2O5. The highest BCUT2D eigenvalue weighted by Crippen LogP contribution is 2.33. The smallest absolute Gasteiger partial charge is 0.329 e. The molecule has 8 heteroatoms. The van der Waals surface area contributed by atoms with Gasteiger partial charge in [0.05, 0.1) is 24.9 Å². The van der Waals surface area contributed by atoms with Crippen LogP contribution in [0.25, 0.3) is 11.1 Å². The molecule has 0 fully saturated rings. The highest BCUT2D eigenvalue weighted by atomic mass is 35.5. The first kappa shape index (κ1) is 23.5. The van der Waals surface area contributed by atoms with Crippen molar-refractivity contribution >= 4 is 17.6 Å². The maximum Gasteiger partial charge on any atom is 0.329 e. The molecule has 0 saturated heterocycles. The van der Waals surface area contributed by atoms with E-state index in [0.717, 1.165) is 0 Å². The van der Waals surface area contributed by atoms with Crippen LogP contribution in [-0.4, -0.2) is 37.0 Å². The first-order valence-electron chi connectivity index (χ1n) is 9.33. The SMILES string of the molecule is COCCC(C(=O)OC(C)(C)C)n1cc(OC)c(-c2cc(Cl)ccc2C#N)cc1=O. The fraction of sp³-hybridized carbons (Fsp3) is 0.409. The van der Waals surface area contributed by atoms with Crippen molar-refractivity contribution in [2.45, 2.75) is 38.8 Å². The number of nitrogens with zero attached hydrogens (tertiary/aromatic N) is 2. The quantitative estimate of drug-likeness (QED) is 0.615. The lowest BCUT2D eigenvalue weighted by atomic mass is 10.00. The lowest BCUT2D eigenvalue weighted by Crippen LogP contribution is -2.35. The molecule has 160 valence electrons. The molecule has 1 aromatic heterocycles. The van der Waals surface area contributed by atoms with Crippen LogP contribution < -0.4 is 10.3 Å². The normalized spacial score (nSPS) is 12.2. The van der Waals surface area contributed by atoms with Crippen molar-refractivity contribution in [3.05, 3.63) is 51.4 Å². The molecule has 0 aliphatic carbocycles. The van der Waals surface area contributed by atoms with Crippen molar-refractivity contribution in [2.24, 2.45) is 0 Å². The third-order valence-electron chi connectivity index (χ3n) is 4.27. The lowest BCUT2D eigenvalue weighted by Gasteiger charge is -2.25. The molecule has 0 aliphatic heterocycles. The summed E-state index contributed by atoms with van der Waals surface area (Å²) in [5, 5.41) is 9.85. The zero-order valence-corrected chi connectivity index (χ0v) is 18.4. The average molecular weight is 433 g/mol. The van der Waals surface area contributed by atoms with Crippen LogP contribution in [0.5, 0.6) is 5.75 Å². The van der Waals surface area contributed by atoms with Crippen LogP contribution >= 0.6 is 11.6 Å². The van der Waals surface area contributed by atoms with Gasteiger partial charge in [0.2, 0.25) is 0 Å². The Morgan fingerprint density at radius 2 is 1.93 bits per heavy atom. The first-order chi connectivity index (χ1) is 14.1. The summed E-state index contributed by atoms with van der Waals surface area (Å²) in [4.78, 5) is 25.8. The van der Waals surface area contributed by atoms with Crippen LogP contribution in [0.1, 0.15) is 38.8 Å². The van der Waals surface area contributed by atoms with Gasteiger partial charge in [-0.05, 0) is 39.0 Å². The summed E-state index contributed by atoms with van der Waals surface area (Å²) < 4.78 is 17.3. The van der Waals surface area contributed by atoms with Gasteiger partial charge in [0.1, 0.15) is 17.4 Å². The molecule has 0 bridgehead atoms. The monoisotopic (exact) mass is 432 g/mol. The summed E-state index contributed by atoms with van der Waals surface area (Å²) in [6.07, 6.45) is 1.69. The summed E-state index contributed by atoms with van der Waals surface area (Å²) in [6.45, 7) is 5.53. The van der Waals surface area contributed by atoms with Crippen molar-refractivity contribution in [1.29, 1.82) is 5.26 Å². The van der Waals surface area contributed by atoms with Gasteiger partial charge >= 0.3 is 5.97 Å². The number of halogens is 1. The van der Waals surface area contributed by atoms with E-state index in [0.29, 0.717) is 27.5 Å². The number of methoxy groups -OCH3 is 2. The Morgan fingerprint density at radius 3 is 2.50 bits per heavy atom. The molecule has 0 radical (unpaired) electrons. The minimum Gasteiger partial charge on any atom is -0.495 e. The Hall–Kier alpha value is -2.82. The molecule has 2 rings (SSSR count). The number of benzene rings is 1. The second-order valence-electron chi connectivity index (χ2n) is 7.63. The Labute approximate surface area is 180 Å². The largest absolute Gasteiger partial charge is 0.495 e. The van der Waals surface area contributed by atoms with Gasteiger partial charge in [-0.1, -0.05) is 11.6 Å². The van der Waals surface area contributed by atoms with Crippen LogP contribution in [0.2, 0.25) is 5.02 Å². The van der Waals surface area contributed by atoms with Crippen LogP contribution in [-0.2, 0) is 14.3 Å². The highest BCUT2D eigenvalue weighted by Gasteiger charge is 2.28. The topological polar surface area (TPSA) is 90.5 Å². The molecule has 1 unspecified atom stereocenters. The van der Waals surface area contributed by atoms with Crippen LogP contribution in [0.3, 0.4) is 0 Å². The predicted molar refractivity (Wildman–Crippen MR) is 114 cm³/mol. The standard InChI is InChI=1S/C22H25ClN2O5/c1-22(2,3)30-21(27)18(8-9-28-4)25-13-19(29-5)17(11-20(25)26)16-10-15(23)7-6-14(16)12-24/h6-7,10-11,13,18H,8-9H2,1-5H3. The number of esters is 1. The van der Waals surface area contributed by atoms with Crippen molar-refractivity contribution in [3.8, 4) is 22.9 Å². The molecular weight excluding hydrogens is 408 g/mol. The minimum atomic E-state index is -0.894. The molecule has 30 heavy (non-hydrogen) atoms. The van der Waals surface area contributed by atoms with Gasteiger partial charge in [0.25, 0.3) is 5.56 Å². The van der Waals surface area contributed by atoms with Crippen molar-refractivity contribution in [2.75, 3.05) is 20.8 Å². The van der Waals surface area contributed by atoms with Gasteiger partial charge in [-0.15, -0.1) is 0 Å². The summed E-state index contributed by atoms with van der Waals surface area (Å²) in [5.41, 5.74) is 0.0715. The number of ether oxygens (including phenoxy) is 3. The molecule has 1 heterocycles. The molecule has 0 aliphatic rings. The average Bonchev–Trinajstić information content (AvgIpc) is 2.67. The van der Waals surface area contributed by atoms with Gasteiger partial charge in [0, 0.05) is 42.4 Å². The van der Waals surface area contributed by atoms with E-state index in [9.17, 15) is 14.9 Å². The predicted octanol–water partition coefficient (Wildman–Crippen LogP) is 3.97. The Kier molecular flexibility index (Phi) is 7.65. The maximum atomic E-state index is 13.0. The van der Waals surface area contributed by atoms with E-state index in [1.807, 2.05) is 0 Å². The molecule has 7 nitrogen and oxygen atoms in total. The number of rotatable bonds is 7. The van der Waals surface area contributed by atoms with E-state index in [2.05, 4.69) is 6.07 Å². The van der Waals surface area contributed by atoms with E-state index in [4.69, 9.17) is 25.8 Å². The number of carbonyl (C=O) groups is 1. The zero-order valence-electron chi connectivity index (χ0n) is 17.7. The second kappa shape index (κ2) is 9.79. The third kappa shape index (κ3) is 5.62. The van der Waals surface area contributed by atoms with Crippen molar-refractivity contribution < 1.29 is 19.0 Å². The second-order valence-corrected chi connectivity index (χ2v) is 8.07. The van der Waals surface area contributed by atoms with E-state index in [1.54, 1.807) is 39.0 Å². The number of aromatic nitrogens is 1. The molecule has 0 amide bonds. The summed E-state index contributed by atoms with van der Waals surface area (Å²) in [6, 6.07) is 7.29. The van der Waals surface area contributed by atoms with Crippen molar-refractivity contribution in [1.82, 2.24) is 4.57 Å². The highest BCUT2D eigenvalue weighted by molar-refractivity contribution is 6.31. The number of pyridine rings is 1. The molecule has 2 aromatic rings. The number of nitriles is 1.